The zero-order valence-electron chi connectivity index (χ0n) is 18.1. The highest BCUT2D eigenvalue weighted by atomic mass is 32.3. The van der Waals surface area contributed by atoms with Crippen LogP contribution < -0.4 is 4.57 Å². The summed E-state index contributed by atoms with van der Waals surface area (Å²) in [6.45, 7) is 5.22. The summed E-state index contributed by atoms with van der Waals surface area (Å²) in [5, 5.41) is 0. The molecule has 1 aromatic heterocycles. The number of aromatic nitrogens is 1. The van der Waals surface area contributed by atoms with Crippen molar-refractivity contribution in [2.45, 2.75) is 43.4 Å². The van der Waals surface area contributed by atoms with Crippen LogP contribution in [0.15, 0.2) is 24.5 Å². The highest BCUT2D eigenvalue weighted by Gasteiger charge is 2.47. The first-order valence-electron chi connectivity index (χ1n) is 8.78. The Kier molecular flexibility index (Phi) is 11.4. The molecule has 0 aliphatic heterocycles. The molecule has 0 aromatic carbocycles. The standard InChI is InChI=1S/C13H24NO3Si.C2F6NO4S2/c1-12(2)13-7-6-8-14(11-13)9-10-18(15-3,16-4)17-5;3-1(4,5)14(10,11)9-15(12,13)2(6,7)8/h6-8,11-12H,9-10H2,1-5H3;/q+1;-1. The molecule has 1 rings (SSSR count). The molecular weight excluding hydrogens is 526 g/mol. The molecule has 0 saturated carbocycles. The molecule has 0 atom stereocenters. The zero-order valence-corrected chi connectivity index (χ0v) is 20.8. The Morgan fingerprint density at radius 3 is 1.70 bits per heavy atom. The lowest BCUT2D eigenvalue weighted by Gasteiger charge is -2.22. The molecule has 0 aliphatic rings. The minimum Gasteiger partial charge on any atom is -0.421 e. The van der Waals surface area contributed by atoms with Crippen molar-refractivity contribution in [2.24, 2.45) is 0 Å². The third-order valence-electron chi connectivity index (χ3n) is 3.94. The number of aryl methyl sites for hydroxylation is 1. The fraction of sp³-hybridized carbons (Fsp3) is 0.667. The number of hydrogen-bond donors (Lipinski definition) is 0. The highest BCUT2D eigenvalue weighted by Crippen LogP contribution is 2.36. The van der Waals surface area contributed by atoms with Gasteiger partial charge in [-0.25, -0.2) is 21.4 Å². The molecule has 0 saturated heterocycles. The van der Waals surface area contributed by atoms with E-state index in [1.165, 1.54) is 5.56 Å². The molecule has 0 spiro atoms. The van der Waals surface area contributed by atoms with Crippen LogP contribution in [-0.4, -0.2) is 58.0 Å². The van der Waals surface area contributed by atoms with Gasteiger partial charge >= 0.3 is 19.8 Å². The molecule has 0 amide bonds. The Balaban J connectivity index is 0.000000633. The molecule has 1 aromatic rings. The number of halogens is 6. The van der Waals surface area contributed by atoms with Crippen LogP contribution in [0.3, 0.4) is 0 Å². The first-order chi connectivity index (χ1) is 14.8. The number of pyridine rings is 1. The van der Waals surface area contributed by atoms with Crippen LogP contribution in [0.4, 0.5) is 26.3 Å². The Labute approximate surface area is 189 Å². The van der Waals surface area contributed by atoms with Gasteiger partial charge in [0.1, 0.15) is 0 Å². The SMILES string of the molecule is CO[Si](CC[n+]1cccc(C(C)C)c1)(OC)OC.O=S(=O)([N-]S(=O)(=O)C(F)(F)F)C(F)(F)F. The van der Waals surface area contributed by atoms with Crippen molar-refractivity contribution in [2.75, 3.05) is 21.3 Å². The molecule has 0 aliphatic carbocycles. The maximum absolute atomic E-state index is 11.4. The number of nitrogens with zero attached hydrogens (tertiary/aromatic N) is 2. The van der Waals surface area contributed by atoms with Gasteiger partial charge < -0.3 is 17.4 Å². The van der Waals surface area contributed by atoms with Crippen LogP contribution >= 0.6 is 0 Å². The van der Waals surface area contributed by atoms with Gasteiger partial charge in [0.2, 0.25) is 0 Å². The zero-order chi connectivity index (χ0) is 26.3. The Hall–Kier alpha value is -1.31. The lowest BCUT2D eigenvalue weighted by Crippen LogP contribution is -2.47. The number of sulfonamides is 2. The summed E-state index contributed by atoms with van der Waals surface area (Å²) in [5.41, 5.74) is -11.1. The first-order valence-corrected chi connectivity index (χ1v) is 13.6. The van der Waals surface area contributed by atoms with Crippen LogP contribution in [0.2, 0.25) is 6.04 Å². The van der Waals surface area contributed by atoms with Crippen molar-refractivity contribution < 1.29 is 61.0 Å². The van der Waals surface area contributed by atoms with Gasteiger partial charge in [0, 0.05) is 33.0 Å². The molecule has 0 radical (unpaired) electrons. The topological polar surface area (TPSA) is 114 Å². The minimum atomic E-state index is -6.72. The van der Waals surface area contributed by atoms with Crippen molar-refractivity contribution in [3.8, 4) is 0 Å². The summed E-state index contributed by atoms with van der Waals surface area (Å²) >= 11 is 0. The van der Waals surface area contributed by atoms with Crippen LogP contribution in [0, 0.1) is 0 Å². The van der Waals surface area contributed by atoms with E-state index in [2.05, 4.69) is 42.9 Å². The maximum Gasteiger partial charge on any atom is 0.506 e. The van der Waals surface area contributed by atoms with Gasteiger partial charge in [-0.1, -0.05) is 13.8 Å². The van der Waals surface area contributed by atoms with Crippen molar-refractivity contribution in [1.29, 1.82) is 0 Å². The normalized spacial score (nSPS) is 13.6. The smallest absolute Gasteiger partial charge is 0.421 e. The molecular formula is C15H24F6N2O7S2Si. The van der Waals surface area contributed by atoms with Crippen LogP contribution in [0.1, 0.15) is 25.3 Å². The molecule has 9 nitrogen and oxygen atoms in total. The number of rotatable bonds is 9. The molecule has 0 N–H and O–H groups in total. The number of alkyl halides is 6. The summed E-state index contributed by atoms with van der Waals surface area (Å²) in [7, 11) is -11.0. The van der Waals surface area contributed by atoms with E-state index >= 15 is 0 Å². The molecule has 1 heterocycles. The third-order valence-corrected chi connectivity index (χ3v) is 9.38. The van der Waals surface area contributed by atoms with E-state index in [0.717, 1.165) is 16.7 Å². The van der Waals surface area contributed by atoms with Gasteiger partial charge in [-0.2, -0.15) is 26.3 Å². The molecule has 33 heavy (non-hydrogen) atoms. The van der Waals surface area contributed by atoms with Gasteiger partial charge in [0.25, 0.3) is 0 Å². The monoisotopic (exact) mass is 550 g/mol. The Bertz CT molecular complexity index is 915. The van der Waals surface area contributed by atoms with E-state index in [-0.39, 0.29) is 0 Å². The summed E-state index contributed by atoms with van der Waals surface area (Å²) in [6, 6.07) is 4.99. The molecule has 0 unspecified atom stereocenters. The van der Waals surface area contributed by atoms with Gasteiger partial charge in [-0.05, 0) is 12.0 Å². The van der Waals surface area contributed by atoms with E-state index in [0.29, 0.717) is 5.92 Å². The summed E-state index contributed by atoms with van der Waals surface area (Å²) in [5.74, 6) is 0.534. The average molecular weight is 551 g/mol. The maximum atomic E-state index is 11.4. The summed E-state index contributed by atoms with van der Waals surface area (Å²) < 4.78 is 128. The second-order valence-electron chi connectivity index (χ2n) is 6.49. The van der Waals surface area contributed by atoms with E-state index in [1.807, 2.05) is 0 Å². The van der Waals surface area contributed by atoms with Gasteiger partial charge in [0.15, 0.2) is 39.0 Å². The van der Waals surface area contributed by atoms with Crippen LogP contribution in [0.25, 0.3) is 4.13 Å². The second kappa shape index (κ2) is 11.9. The fourth-order valence-corrected chi connectivity index (χ4v) is 5.41. The van der Waals surface area contributed by atoms with Gasteiger partial charge in [-0.3, -0.25) is 0 Å². The predicted molar refractivity (Wildman–Crippen MR) is 106 cm³/mol. The van der Waals surface area contributed by atoms with E-state index in [9.17, 15) is 43.2 Å². The Morgan fingerprint density at radius 2 is 1.36 bits per heavy atom. The number of hydrogen-bond acceptors (Lipinski definition) is 7. The largest absolute Gasteiger partial charge is 0.506 e. The summed E-state index contributed by atoms with van der Waals surface area (Å²) in [4.78, 5) is 0. The molecule has 0 fully saturated rings. The summed E-state index contributed by atoms with van der Waals surface area (Å²) in [6.07, 6.45) is 4.23. The Morgan fingerprint density at radius 1 is 0.939 bits per heavy atom. The minimum absolute atomic E-state index is 0.534. The van der Waals surface area contributed by atoms with Crippen LogP contribution in [0.5, 0.6) is 0 Å². The van der Waals surface area contributed by atoms with Crippen molar-refractivity contribution in [3.05, 3.63) is 34.2 Å². The van der Waals surface area contributed by atoms with Crippen molar-refractivity contribution in [3.63, 3.8) is 0 Å². The second-order valence-corrected chi connectivity index (χ2v) is 13.0. The average Bonchev–Trinajstić information content (AvgIpc) is 2.68. The molecule has 194 valence electrons. The predicted octanol–water partition coefficient (Wildman–Crippen LogP) is 3.03. The van der Waals surface area contributed by atoms with Crippen molar-refractivity contribution in [1.82, 2.24) is 0 Å². The van der Waals surface area contributed by atoms with Crippen LogP contribution in [-0.2, 0) is 39.9 Å². The van der Waals surface area contributed by atoms with E-state index in [1.54, 1.807) is 21.3 Å². The van der Waals surface area contributed by atoms with Crippen molar-refractivity contribution >= 4 is 28.9 Å². The fourth-order valence-electron chi connectivity index (χ4n) is 2.06. The lowest BCUT2D eigenvalue weighted by molar-refractivity contribution is -0.694. The van der Waals surface area contributed by atoms with E-state index in [4.69, 9.17) is 13.3 Å². The first kappa shape index (κ1) is 31.7. The van der Waals surface area contributed by atoms with E-state index < -0.39 is 39.9 Å². The van der Waals surface area contributed by atoms with Gasteiger partial charge in [-0.15, -0.1) is 0 Å². The molecule has 18 heteroatoms. The highest BCUT2D eigenvalue weighted by molar-refractivity contribution is 8.13. The third kappa shape index (κ3) is 9.45. The lowest BCUT2D eigenvalue weighted by atomic mass is 10.1. The van der Waals surface area contributed by atoms with Gasteiger partial charge in [0.05, 0.1) is 6.04 Å². The quantitative estimate of drug-likeness (QED) is 0.264. The molecule has 0 bridgehead atoms.